The van der Waals surface area contributed by atoms with E-state index >= 15 is 0 Å². The number of amides is 3. The third-order valence-electron chi connectivity index (χ3n) is 7.34. The van der Waals surface area contributed by atoms with Gasteiger partial charge in [-0.15, -0.1) is 11.3 Å². The van der Waals surface area contributed by atoms with Crippen molar-refractivity contribution >= 4 is 34.8 Å². The Kier molecular flexibility index (Phi) is 12.0. The Morgan fingerprint density at radius 1 is 0.809 bits per heavy atom. The lowest BCUT2D eigenvalue weighted by molar-refractivity contribution is 0.0837. The third-order valence-corrected chi connectivity index (χ3v) is 8.36. The maximum Gasteiger partial charge on any atom is 0.271 e. The second-order valence-electron chi connectivity index (χ2n) is 11.8. The highest BCUT2D eigenvalue weighted by Gasteiger charge is 2.18. The number of thiophene rings is 1. The summed E-state index contributed by atoms with van der Waals surface area (Å²) in [6.45, 7) is 9.22. The van der Waals surface area contributed by atoms with Crippen molar-refractivity contribution in [1.82, 2.24) is 16.1 Å². The lowest BCUT2D eigenvalue weighted by atomic mass is 9.86. The zero-order chi connectivity index (χ0) is 34.0. The molecule has 0 aliphatic rings. The van der Waals surface area contributed by atoms with Gasteiger partial charge in [-0.05, 0) is 65.4 Å². The van der Waals surface area contributed by atoms with E-state index in [0.29, 0.717) is 41.1 Å². The molecule has 0 aliphatic heterocycles. The number of rotatable bonds is 13. The molecule has 1 heterocycles. The lowest BCUT2D eigenvalue weighted by Gasteiger charge is -2.19. The van der Waals surface area contributed by atoms with Crippen LogP contribution in [-0.4, -0.2) is 60.0 Å². The number of nitrogens with zero attached hydrogens (tertiary/aromatic N) is 1. The largest absolute Gasteiger partial charge is 0.506 e. The number of ether oxygens (including phenoxy) is 1. The number of aromatic hydroxyl groups is 1. The van der Waals surface area contributed by atoms with Gasteiger partial charge in [0.05, 0.1) is 36.0 Å². The molecule has 0 fully saturated rings. The van der Waals surface area contributed by atoms with Crippen molar-refractivity contribution in [2.75, 3.05) is 26.4 Å². The van der Waals surface area contributed by atoms with Crippen molar-refractivity contribution < 1.29 is 29.3 Å². The van der Waals surface area contributed by atoms with Crippen LogP contribution in [0.2, 0.25) is 0 Å². The minimum atomic E-state index is -0.453. The number of nitrogens with one attached hydrogen (secondary N) is 3. The maximum absolute atomic E-state index is 12.7. The summed E-state index contributed by atoms with van der Waals surface area (Å²) in [7, 11) is 0. The highest BCUT2D eigenvalue weighted by atomic mass is 32.1. The number of benzene rings is 3. The average molecular weight is 657 g/mol. The Hall–Kier alpha value is -4.84. The number of carbonyl (C=O) groups excluding carboxylic acids is 3. The molecule has 0 radical (unpaired) electrons. The van der Waals surface area contributed by atoms with E-state index in [0.717, 1.165) is 16.0 Å². The van der Waals surface area contributed by atoms with E-state index in [1.54, 1.807) is 55.5 Å². The van der Waals surface area contributed by atoms with Crippen molar-refractivity contribution in [1.29, 1.82) is 0 Å². The van der Waals surface area contributed by atoms with Crippen LogP contribution >= 0.6 is 11.3 Å². The summed E-state index contributed by atoms with van der Waals surface area (Å²) in [4.78, 5) is 38.4. The summed E-state index contributed by atoms with van der Waals surface area (Å²) in [5, 5.41) is 31.2. The Morgan fingerprint density at radius 2 is 1.38 bits per heavy atom. The molecule has 0 saturated carbocycles. The van der Waals surface area contributed by atoms with Crippen LogP contribution in [0.1, 0.15) is 75.5 Å². The van der Waals surface area contributed by atoms with Crippen LogP contribution in [0.3, 0.4) is 0 Å². The second-order valence-corrected chi connectivity index (χ2v) is 12.7. The summed E-state index contributed by atoms with van der Waals surface area (Å²) in [5.41, 5.74) is 7.66. The molecule has 4 rings (SSSR count). The van der Waals surface area contributed by atoms with Crippen LogP contribution in [-0.2, 0) is 16.7 Å². The molecule has 246 valence electrons. The standard InChI is InChI=1S/C36H40N4O6S/c1-23(30-22-47-32(31(30)42)25-13-15-29(16-14-25)36(2,3)4)39-40-35(45)28-11-9-27(10-12-28)34(44)38-21-24-5-7-26(8-6-24)33(43)37-17-19-46-20-18-41/h5-16,22,41-42H,17-21H2,1-4H3,(H,37,43)(H,38,44)(H,40,45)/b39-23+. The van der Waals surface area contributed by atoms with Crippen molar-refractivity contribution in [3.05, 3.63) is 112 Å². The van der Waals surface area contributed by atoms with Gasteiger partial charge in [-0.1, -0.05) is 57.2 Å². The maximum atomic E-state index is 12.7. The molecule has 3 aromatic carbocycles. The van der Waals surface area contributed by atoms with Crippen LogP contribution in [0.15, 0.2) is 83.3 Å². The molecule has 1 aromatic heterocycles. The molecule has 0 bridgehead atoms. The monoisotopic (exact) mass is 656 g/mol. The lowest BCUT2D eigenvalue weighted by Crippen LogP contribution is -2.27. The zero-order valence-corrected chi connectivity index (χ0v) is 27.7. The minimum Gasteiger partial charge on any atom is -0.506 e. The fourth-order valence-corrected chi connectivity index (χ4v) is 5.54. The first-order chi connectivity index (χ1) is 22.5. The van der Waals surface area contributed by atoms with E-state index in [2.05, 4.69) is 54.1 Å². The fourth-order valence-electron chi connectivity index (χ4n) is 4.53. The van der Waals surface area contributed by atoms with E-state index in [1.165, 1.54) is 16.9 Å². The van der Waals surface area contributed by atoms with Gasteiger partial charge in [0, 0.05) is 35.2 Å². The van der Waals surface area contributed by atoms with E-state index in [9.17, 15) is 19.5 Å². The van der Waals surface area contributed by atoms with Crippen LogP contribution in [0.25, 0.3) is 10.4 Å². The molecule has 4 aromatic rings. The predicted octanol–water partition coefficient (Wildman–Crippen LogP) is 5.24. The van der Waals surface area contributed by atoms with Crippen LogP contribution < -0.4 is 16.1 Å². The number of hydrazone groups is 1. The molecule has 0 unspecified atom stereocenters. The van der Waals surface area contributed by atoms with E-state index in [4.69, 9.17) is 9.84 Å². The fraction of sp³-hybridized carbons (Fsp3) is 0.278. The number of aliphatic hydroxyl groups excluding tert-OH is 1. The third kappa shape index (κ3) is 9.58. The smallest absolute Gasteiger partial charge is 0.271 e. The quantitative estimate of drug-likeness (QED) is 0.0755. The van der Waals surface area contributed by atoms with Crippen molar-refractivity contribution in [2.24, 2.45) is 5.10 Å². The van der Waals surface area contributed by atoms with Gasteiger partial charge in [-0.2, -0.15) is 5.10 Å². The SMILES string of the molecule is C/C(=N\NC(=O)c1ccc(C(=O)NCc2ccc(C(=O)NCCOCCO)cc2)cc1)c1csc(-c2ccc(C(C)(C)C)cc2)c1O. The summed E-state index contributed by atoms with van der Waals surface area (Å²) >= 11 is 1.41. The Morgan fingerprint density at radius 3 is 1.98 bits per heavy atom. The van der Waals surface area contributed by atoms with Gasteiger partial charge < -0.3 is 25.6 Å². The predicted molar refractivity (Wildman–Crippen MR) is 184 cm³/mol. The first-order valence-corrected chi connectivity index (χ1v) is 16.1. The Bertz CT molecular complexity index is 1710. The zero-order valence-electron chi connectivity index (χ0n) is 26.9. The van der Waals surface area contributed by atoms with Crippen molar-refractivity contribution in [3.63, 3.8) is 0 Å². The molecule has 0 saturated heterocycles. The molecule has 3 amide bonds. The van der Waals surface area contributed by atoms with E-state index in [1.807, 2.05) is 17.5 Å². The van der Waals surface area contributed by atoms with Gasteiger partial charge >= 0.3 is 0 Å². The molecule has 0 aliphatic carbocycles. The summed E-state index contributed by atoms with van der Waals surface area (Å²) in [6, 6.07) is 21.2. The van der Waals surface area contributed by atoms with Gasteiger partial charge in [0.2, 0.25) is 0 Å². The van der Waals surface area contributed by atoms with Crippen LogP contribution in [0, 0.1) is 0 Å². The Labute approximate surface area is 278 Å². The minimum absolute atomic E-state index is 0.0329. The molecule has 11 heteroatoms. The molecule has 0 spiro atoms. The number of aliphatic hydroxyl groups is 1. The van der Waals surface area contributed by atoms with Crippen LogP contribution in [0.4, 0.5) is 0 Å². The van der Waals surface area contributed by atoms with Gasteiger partial charge in [-0.25, -0.2) is 5.43 Å². The first kappa shape index (κ1) is 35.0. The molecule has 10 nitrogen and oxygen atoms in total. The van der Waals surface area contributed by atoms with Gasteiger partial charge in [-0.3, -0.25) is 14.4 Å². The van der Waals surface area contributed by atoms with Gasteiger partial charge in [0.15, 0.2) is 0 Å². The Balaban J connectivity index is 1.27. The van der Waals surface area contributed by atoms with E-state index < -0.39 is 5.91 Å². The molecular formula is C36H40N4O6S. The highest BCUT2D eigenvalue weighted by Crippen LogP contribution is 2.39. The first-order valence-electron chi connectivity index (χ1n) is 15.2. The van der Waals surface area contributed by atoms with Gasteiger partial charge in [0.25, 0.3) is 17.7 Å². The van der Waals surface area contributed by atoms with Gasteiger partial charge in [0.1, 0.15) is 5.75 Å². The normalized spacial score (nSPS) is 11.6. The molecular weight excluding hydrogens is 616 g/mol. The summed E-state index contributed by atoms with van der Waals surface area (Å²) in [5.74, 6) is -0.893. The summed E-state index contributed by atoms with van der Waals surface area (Å²) < 4.78 is 5.12. The number of carbonyl (C=O) groups is 3. The molecule has 47 heavy (non-hydrogen) atoms. The van der Waals surface area contributed by atoms with Crippen LogP contribution in [0.5, 0.6) is 5.75 Å². The number of hydrogen-bond acceptors (Lipinski definition) is 8. The number of hydrogen-bond donors (Lipinski definition) is 5. The highest BCUT2D eigenvalue weighted by molar-refractivity contribution is 7.14. The molecule has 5 N–H and O–H groups in total. The van der Waals surface area contributed by atoms with Crippen molar-refractivity contribution in [3.8, 4) is 16.2 Å². The second kappa shape index (κ2) is 16.1. The van der Waals surface area contributed by atoms with E-state index in [-0.39, 0.29) is 42.7 Å². The average Bonchev–Trinajstić information content (AvgIpc) is 3.46. The summed E-state index contributed by atoms with van der Waals surface area (Å²) in [6.07, 6.45) is 0. The van der Waals surface area contributed by atoms with Crippen molar-refractivity contribution in [2.45, 2.75) is 39.7 Å². The topological polar surface area (TPSA) is 149 Å². The molecule has 0 atom stereocenters.